The summed E-state index contributed by atoms with van der Waals surface area (Å²) in [7, 11) is 4.47. The molecule has 0 spiro atoms. The summed E-state index contributed by atoms with van der Waals surface area (Å²) in [6, 6.07) is 2.94. The Bertz CT molecular complexity index is 406. The number of aryl methyl sites for hydroxylation is 1. The molecule has 18 heavy (non-hydrogen) atoms. The first-order chi connectivity index (χ1) is 8.71. The zero-order valence-electron chi connectivity index (χ0n) is 11.5. The van der Waals surface area contributed by atoms with Crippen molar-refractivity contribution in [2.24, 2.45) is 0 Å². The van der Waals surface area contributed by atoms with Crippen molar-refractivity contribution < 1.29 is 0 Å². The predicted molar refractivity (Wildman–Crippen MR) is 78.3 cm³/mol. The molecule has 0 aromatic carbocycles. The van der Waals surface area contributed by atoms with E-state index in [1.807, 2.05) is 11.3 Å². The SMILES string of the molecule is CN(C)C1(CNC2CCCc3sccc32)CCC1. The number of hydrogen-bond acceptors (Lipinski definition) is 3. The third kappa shape index (κ3) is 2.13. The van der Waals surface area contributed by atoms with Gasteiger partial charge in [0.15, 0.2) is 0 Å². The Balaban J connectivity index is 1.65. The Morgan fingerprint density at radius 2 is 2.22 bits per heavy atom. The first kappa shape index (κ1) is 12.6. The van der Waals surface area contributed by atoms with E-state index >= 15 is 0 Å². The molecule has 100 valence electrons. The van der Waals surface area contributed by atoms with Gasteiger partial charge >= 0.3 is 0 Å². The topological polar surface area (TPSA) is 15.3 Å². The van der Waals surface area contributed by atoms with Gasteiger partial charge in [-0.25, -0.2) is 0 Å². The summed E-state index contributed by atoms with van der Waals surface area (Å²) in [5.41, 5.74) is 2.02. The maximum absolute atomic E-state index is 3.85. The summed E-state index contributed by atoms with van der Waals surface area (Å²) in [6.45, 7) is 1.15. The molecule has 3 heteroatoms. The second kappa shape index (κ2) is 4.95. The van der Waals surface area contributed by atoms with Crippen LogP contribution >= 0.6 is 11.3 Å². The molecular formula is C15H24N2S. The predicted octanol–water partition coefficient (Wildman–Crippen LogP) is 3.20. The smallest absolute Gasteiger partial charge is 0.0332 e. The van der Waals surface area contributed by atoms with Gasteiger partial charge in [0.25, 0.3) is 0 Å². The lowest BCUT2D eigenvalue weighted by Gasteiger charge is -2.48. The molecule has 1 unspecified atom stereocenters. The lowest BCUT2D eigenvalue weighted by molar-refractivity contribution is 0.0564. The van der Waals surface area contributed by atoms with Crippen LogP contribution in [0.3, 0.4) is 0 Å². The van der Waals surface area contributed by atoms with Crippen molar-refractivity contribution in [1.82, 2.24) is 10.2 Å². The molecule has 2 aliphatic carbocycles. The summed E-state index contributed by atoms with van der Waals surface area (Å²) in [6.07, 6.45) is 8.07. The molecule has 1 N–H and O–H groups in total. The minimum atomic E-state index is 0.438. The van der Waals surface area contributed by atoms with Crippen molar-refractivity contribution in [3.8, 4) is 0 Å². The fraction of sp³-hybridized carbons (Fsp3) is 0.733. The minimum Gasteiger partial charge on any atom is -0.308 e. The third-order valence-corrected chi connectivity index (χ3v) is 5.96. The number of fused-ring (bicyclic) bond motifs is 1. The largest absolute Gasteiger partial charge is 0.308 e. The third-order valence-electron chi connectivity index (χ3n) is 4.96. The second-order valence-electron chi connectivity index (χ2n) is 6.10. The van der Waals surface area contributed by atoms with E-state index in [2.05, 4.69) is 35.8 Å². The Labute approximate surface area is 114 Å². The Morgan fingerprint density at radius 3 is 2.89 bits per heavy atom. The van der Waals surface area contributed by atoms with Crippen LogP contribution in [-0.4, -0.2) is 31.1 Å². The molecule has 1 saturated carbocycles. The highest BCUT2D eigenvalue weighted by Gasteiger charge is 2.39. The molecule has 1 fully saturated rings. The van der Waals surface area contributed by atoms with Crippen LogP contribution in [0.25, 0.3) is 0 Å². The van der Waals surface area contributed by atoms with E-state index in [-0.39, 0.29) is 0 Å². The molecule has 2 nitrogen and oxygen atoms in total. The standard InChI is InChI=1S/C15H24N2S/c1-17(2)15(8-4-9-15)11-16-13-5-3-6-14-12(13)7-10-18-14/h7,10,13,16H,3-6,8-9,11H2,1-2H3. The molecule has 0 radical (unpaired) electrons. The van der Waals surface area contributed by atoms with Crippen LogP contribution in [0.2, 0.25) is 0 Å². The Hall–Kier alpha value is -0.380. The fourth-order valence-corrected chi connectivity index (χ4v) is 4.37. The molecular weight excluding hydrogens is 240 g/mol. The van der Waals surface area contributed by atoms with E-state index in [0.717, 1.165) is 6.54 Å². The molecule has 1 aromatic heterocycles. The van der Waals surface area contributed by atoms with Crippen molar-refractivity contribution in [2.45, 2.75) is 50.1 Å². The van der Waals surface area contributed by atoms with Gasteiger partial charge in [-0.2, -0.15) is 0 Å². The minimum absolute atomic E-state index is 0.438. The molecule has 1 aromatic rings. The van der Waals surface area contributed by atoms with Crippen molar-refractivity contribution in [3.63, 3.8) is 0 Å². The Morgan fingerprint density at radius 1 is 1.39 bits per heavy atom. The van der Waals surface area contributed by atoms with E-state index in [4.69, 9.17) is 0 Å². The van der Waals surface area contributed by atoms with Crippen LogP contribution in [0.4, 0.5) is 0 Å². The van der Waals surface area contributed by atoms with Crippen LogP contribution in [0.1, 0.15) is 48.6 Å². The molecule has 1 atom stereocenters. The fourth-order valence-electron chi connectivity index (χ4n) is 3.38. The average Bonchev–Trinajstić information content (AvgIpc) is 2.75. The normalized spacial score (nSPS) is 25.8. The lowest BCUT2D eigenvalue weighted by atomic mass is 9.75. The molecule has 1 heterocycles. The zero-order chi connectivity index (χ0) is 12.6. The quantitative estimate of drug-likeness (QED) is 0.898. The second-order valence-corrected chi connectivity index (χ2v) is 7.10. The molecule has 0 aliphatic heterocycles. The number of hydrogen-bond donors (Lipinski definition) is 1. The van der Waals surface area contributed by atoms with Gasteiger partial charge < -0.3 is 10.2 Å². The maximum atomic E-state index is 3.85. The molecule has 0 saturated heterocycles. The van der Waals surface area contributed by atoms with Gasteiger partial charge in [0.1, 0.15) is 0 Å². The highest BCUT2D eigenvalue weighted by molar-refractivity contribution is 7.10. The molecule has 2 aliphatic rings. The van der Waals surface area contributed by atoms with E-state index in [9.17, 15) is 0 Å². The Kier molecular flexibility index (Phi) is 3.48. The summed E-state index contributed by atoms with van der Waals surface area (Å²) in [4.78, 5) is 4.05. The van der Waals surface area contributed by atoms with E-state index in [1.54, 1.807) is 10.4 Å². The van der Waals surface area contributed by atoms with Crippen LogP contribution in [0, 0.1) is 0 Å². The summed E-state index contributed by atoms with van der Waals surface area (Å²) >= 11 is 1.94. The highest BCUT2D eigenvalue weighted by atomic mass is 32.1. The molecule has 0 bridgehead atoms. The van der Waals surface area contributed by atoms with E-state index < -0.39 is 0 Å². The maximum Gasteiger partial charge on any atom is 0.0332 e. The summed E-state index contributed by atoms with van der Waals surface area (Å²) in [5.74, 6) is 0. The van der Waals surface area contributed by atoms with Crippen molar-refractivity contribution >= 4 is 11.3 Å². The van der Waals surface area contributed by atoms with Gasteiger partial charge in [-0.05, 0) is 69.6 Å². The van der Waals surface area contributed by atoms with Crippen LogP contribution in [0.5, 0.6) is 0 Å². The monoisotopic (exact) mass is 264 g/mol. The van der Waals surface area contributed by atoms with Crippen LogP contribution in [-0.2, 0) is 6.42 Å². The first-order valence-corrected chi connectivity index (χ1v) is 8.06. The first-order valence-electron chi connectivity index (χ1n) is 7.18. The van der Waals surface area contributed by atoms with Crippen LogP contribution < -0.4 is 5.32 Å². The van der Waals surface area contributed by atoms with Gasteiger partial charge in [-0.1, -0.05) is 0 Å². The molecule has 3 rings (SSSR count). The number of thiophene rings is 1. The van der Waals surface area contributed by atoms with Crippen molar-refractivity contribution in [2.75, 3.05) is 20.6 Å². The van der Waals surface area contributed by atoms with Gasteiger partial charge in [0, 0.05) is 23.0 Å². The average molecular weight is 264 g/mol. The van der Waals surface area contributed by atoms with Crippen molar-refractivity contribution in [1.29, 1.82) is 0 Å². The number of likely N-dealkylation sites (N-methyl/N-ethyl adjacent to an activating group) is 1. The van der Waals surface area contributed by atoms with Gasteiger partial charge in [-0.15, -0.1) is 11.3 Å². The summed E-state index contributed by atoms with van der Waals surface area (Å²) < 4.78 is 0. The van der Waals surface area contributed by atoms with Gasteiger partial charge in [0.2, 0.25) is 0 Å². The number of nitrogens with zero attached hydrogens (tertiary/aromatic N) is 1. The summed E-state index contributed by atoms with van der Waals surface area (Å²) in [5, 5.41) is 6.11. The van der Waals surface area contributed by atoms with Crippen molar-refractivity contribution in [3.05, 3.63) is 21.9 Å². The number of rotatable bonds is 4. The van der Waals surface area contributed by atoms with E-state index in [1.165, 1.54) is 38.5 Å². The highest BCUT2D eigenvalue weighted by Crippen LogP contribution is 2.38. The zero-order valence-corrected chi connectivity index (χ0v) is 12.4. The molecule has 0 amide bonds. The number of nitrogens with one attached hydrogen (secondary N) is 1. The van der Waals surface area contributed by atoms with Crippen LogP contribution in [0.15, 0.2) is 11.4 Å². The van der Waals surface area contributed by atoms with E-state index in [0.29, 0.717) is 11.6 Å². The van der Waals surface area contributed by atoms with Gasteiger partial charge in [0.05, 0.1) is 0 Å². The lowest BCUT2D eigenvalue weighted by Crippen LogP contribution is -2.56. The van der Waals surface area contributed by atoms with Gasteiger partial charge in [-0.3, -0.25) is 0 Å².